The Morgan fingerprint density at radius 3 is 2.20 bits per heavy atom. The summed E-state index contributed by atoms with van der Waals surface area (Å²) in [7, 11) is 0. The summed E-state index contributed by atoms with van der Waals surface area (Å²) in [6, 6.07) is 0. The summed E-state index contributed by atoms with van der Waals surface area (Å²) in [6.45, 7) is 7.67. The van der Waals surface area contributed by atoms with Gasteiger partial charge in [-0.05, 0) is 31.8 Å². The van der Waals surface area contributed by atoms with E-state index in [9.17, 15) is 0 Å². The summed E-state index contributed by atoms with van der Waals surface area (Å²) >= 11 is 0. The van der Waals surface area contributed by atoms with Crippen LogP contribution in [0.15, 0.2) is 12.7 Å². The van der Waals surface area contributed by atoms with Crippen LogP contribution in [0.1, 0.15) is 25.7 Å². The van der Waals surface area contributed by atoms with Crippen molar-refractivity contribution in [1.82, 2.24) is 0 Å². The van der Waals surface area contributed by atoms with E-state index in [4.69, 9.17) is 0 Å². The maximum Gasteiger partial charge on any atom is 0.0955 e. The first-order valence-corrected chi connectivity index (χ1v) is 4.38. The van der Waals surface area contributed by atoms with Crippen molar-refractivity contribution in [3.8, 4) is 0 Å². The van der Waals surface area contributed by atoms with E-state index in [1.807, 2.05) is 6.08 Å². The molecular weight excluding hydrogens is 122 g/mol. The van der Waals surface area contributed by atoms with E-state index in [-0.39, 0.29) is 0 Å². The van der Waals surface area contributed by atoms with E-state index in [2.05, 4.69) is 6.58 Å². The highest BCUT2D eigenvalue weighted by molar-refractivity contribution is 4.63. The molecule has 0 amide bonds. The van der Waals surface area contributed by atoms with E-state index < -0.39 is 0 Å². The number of hydrogen-bond acceptors (Lipinski definition) is 0. The Balaban J connectivity index is 2.21. The van der Waals surface area contributed by atoms with Crippen molar-refractivity contribution in [1.29, 1.82) is 0 Å². The van der Waals surface area contributed by atoms with Gasteiger partial charge in [0.2, 0.25) is 0 Å². The van der Waals surface area contributed by atoms with Gasteiger partial charge in [-0.15, -0.1) is 0 Å². The number of nitrogens with one attached hydrogen (secondary N) is 1. The van der Waals surface area contributed by atoms with Crippen LogP contribution in [-0.4, -0.2) is 19.6 Å². The monoisotopic (exact) mass is 140 g/mol. The predicted molar refractivity (Wildman–Crippen MR) is 44.2 cm³/mol. The minimum absolute atomic E-state index is 1.17. The number of hydrogen-bond donors (Lipinski definition) is 1. The van der Waals surface area contributed by atoms with Gasteiger partial charge in [-0.3, -0.25) is 0 Å². The maximum atomic E-state index is 3.76. The zero-order valence-electron chi connectivity index (χ0n) is 6.73. The highest BCUT2D eigenvalue weighted by atomic mass is 15.1. The fraction of sp³-hybridized carbons (Fsp3) is 0.778. The van der Waals surface area contributed by atoms with Crippen molar-refractivity contribution in [3.05, 3.63) is 12.7 Å². The molecule has 0 aromatic carbocycles. The highest BCUT2D eigenvalue weighted by Gasteiger charge is 2.08. The van der Waals surface area contributed by atoms with E-state index >= 15 is 0 Å². The minimum Gasteiger partial charge on any atom is -0.332 e. The third kappa shape index (κ3) is 2.53. The molecule has 1 saturated heterocycles. The van der Waals surface area contributed by atoms with Crippen LogP contribution in [0.4, 0.5) is 0 Å². The SMILES string of the molecule is C=CC[NH+]1CCCCCC1. The van der Waals surface area contributed by atoms with Crippen LogP contribution < -0.4 is 4.90 Å². The fourth-order valence-electron chi connectivity index (χ4n) is 1.64. The topological polar surface area (TPSA) is 4.44 Å². The molecule has 1 N–H and O–H groups in total. The van der Waals surface area contributed by atoms with Crippen molar-refractivity contribution in [3.63, 3.8) is 0 Å². The summed E-state index contributed by atoms with van der Waals surface area (Å²) < 4.78 is 0. The van der Waals surface area contributed by atoms with Gasteiger partial charge in [0.15, 0.2) is 0 Å². The first-order chi connectivity index (χ1) is 4.93. The fourth-order valence-corrected chi connectivity index (χ4v) is 1.64. The molecule has 10 heavy (non-hydrogen) atoms. The first-order valence-electron chi connectivity index (χ1n) is 4.38. The van der Waals surface area contributed by atoms with Crippen LogP contribution in [0.25, 0.3) is 0 Å². The van der Waals surface area contributed by atoms with Gasteiger partial charge in [0.25, 0.3) is 0 Å². The molecule has 0 saturated carbocycles. The normalized spacial score (nSPS) is 22.0. The van der Waals surface area contributed by atoms with Crippen molar-refractivity contribution >= 4 is 0 Å². The summed E-state index contributed by atoms with van der Waals surface area (Å²) in [5.41, 5.74) is 0. The van der Waals surface area contributed by atoms with Gasteiger partial charge in [-0.1, -0.05) is 6.58 Å². The van der Waals surface area contributed by atoms with Gasteiger partial charge >= 0.3 is 0 Å². The molecule has 1 fully saturated rings. The Morgan fingerprint density at radius 2 is 1.70 bits per heavy atom. The Hall–Kier alpha value is -0.300. The Kier molecular flexibility index (Phi) is 3.52. The van der Waals surface area contributed by atoms with Crippen LogP contribution in [-0.2, 0) is 0 Å². The molecular formula is C9H18N+. The predicted octanol–water partition coefficient (Wildman–Crippen LogP) is 0.631. The van der Waals surface area contributed by atoms with E-state index in [0.29, 0.717) is 0 Å². The van der Waals surface area contributed by atoms with E-state index in [0.717, 1.165) is 0 Å². The molecule has 0 bridgehead atoms. The lowest BCUT2D eigenvalue weighted by molar-refractivity contribution is -0.893. The molecule has 1 aliphatic heterocycles. The lowest BCUT2D eigenvalue weighted by Crippen LogP contribution is -3.11. The van der Waals surface area contributed by atoms with E-state index in [1.165, 1.54) is 45.3 Å². The third-order valence-electron chi connectivity index (χ3n) is 2.24. The molecule has 1 nitrogen and oxygen atoms in total. The lowest BCUT2D eigenvalue weighted by atomic mass is 10.2. The van der Waals surface area contributed by atoms with Crippen LogP contribution in [0, 0.1) is 0 Å². The summed E-state index contributed by atoms with van der Waals surface area (Å²) in [5.74, 6) is 0. The minimum atomic E-state index is 1.17. The smallest absolute Gasteiger partial charge is 0.0955 e. The van der Waals surface area contributed by atoms with Gasteiger partial charge < -0.3 is 4.90 Å². The first kappa shape index (κ1) is 7.80. The zero-order chi connectivity index (χ0) is 7.23. The average molecular weight is 140 g/mol. The second-order valence-corrected chi connectivity index (χ2v) is 3.16. The van der Waals surface area contributed by atoms with Gasteiger partial charge in [0.1, 0.15) is 0 Å². The Bertz CT molecular complexity index is 90.9. The second-order valence-electron chi connectivity index (χ2n) is 3.16. The Morgan fingerprint density at radius 1 is 1.10 bits per heavy atom. The molecule has 0 aliphatic carbocycles. The van der Waals surface area contributed by atoms with Crippen molar-refractivity contribution < 1.29 is 4.90 Å². The lowest BCUT2D eigenvalue weighted by Gasteiger charge is -2.13. The van der Waals surface area contributed by atoms with Gasteiger partial charge in [-0.2, -0.15) is 0 Å². The van der Waals surface area contributed by atoms with Crippen LogP contribution in [0.3, 0.4) is 0 Å². The van der Waals surface area contributed by atoms with Crippen molar-refractivity contribution in [2.75, 3.05) is 19.6 Å². The van der Waals surface area contributed by atoms with Crippen LogP contribution in [0.5, 0.6) is 0 Å². The molecule has 0 atom stereocenters. The van der Waals surface area contributed by atoms with Crippen LogP contribution in [0.2, 0.25) is 0 Å². The van der Waals surface area contributed by atoms with Crippen molar-refractivity contribution in [2.45, 2.75) is 25.7 Å². The van der Waals surface area contributed by atoms with Gasteiger partial charge in [0, 0.05) is 0 Å². The van der Waals surface area contributed by atoms with Gasteiger partial charge in [0.05, 0.1) is 19.6 Å². The van der Waals surface area contributed by atoms with E-state index in [1.54, 1.807) is 4.90 Å². The molecule has 0 aromatic rings. The molecule has 58 valence electrons. The number of quaternary nitrogens is 1. The standard InChI is InChI=1S/C9H17N/c1-2-7-10-8-5-3-4-6-9-10/h2H,1,3-9H2/p+1. The maximum absolute atomic E-state index is 3.76. The molecule has 1 aliphatic rings. The molecule has 1 rings (SSSR count). The zero-order valence-corrected chi connectivity index (χ0v) is 6.73. The molecule has 1 heterocycles. The third-order valence-corrected chi connectivity index (χ3v) is 2.24. The average Bonchev–Trinajstić information content (AvgIpc) is 2.17. The quantitative estimate of drug-likeness (QED) is 0.537. The molecule has 0 spiro atoms. The Labute approximate surface area is 63.7 Å². The largest absolute Gasteiger partial charge is 0.332 e. The summed E-state index contributed by atoms with van der Waals surface area (Å²) in [4.78, 5) is 1.73. The second kappa shape index (κ2) is 4.51. The summed E-state index contributed by atoms with van der Waals surface area (Å²) in [6.07, 6.45) is 7.77. The number of rotatable bonds is 2. The summed E-state index contributed by atoms with van der Waals surface area (Å²) in [5, 5.41) is 0. The number of likely N-dealkylation sites (tertiary alicyclic amines) is 1. The van der Waals surface area contributed by atoms with Gasteiger partial charge in [-0.25, -0.2) is 0 Å². The van der Waals surface area contributed by atoms with Crippen molar-refractivity contribution in [2.24, 2.45) is 0 Å². The molecule has 0 aromatic heterocycles. The molecule has 0 radical (unpaired) electrons. The van der Waals surface area contributed by atoms with Crippen LogP contribution >= 0.6 is 0 Å². The highest BCUT2D eigenvalue weighted by Crippen LogP contribution is 1.98. The molecule has 0 unspecified atom stereocenters. The molecule has 1 heteroatoms.